The Morgan fingerprint density at radius 3 is 3.00 bits per heavy atom. The van der Waals surface area contributed by atoms with Crippen molar-refractivity contribution in [2.24, 2.45) is 0 Å². The first kappa shape index (κ1) is 6.21. The Morgan fingerprint density at radius 2 is 2.56 bits per heavy atom. The molecule has 9 heavy (non-hydrogen) atoms. The zero-order valence-electron chi connectivity index (χ0n) is 5.72. The van der Waals surface area contributed by atoms with Crippen molar-refractivity contribution in [3.8, 4) is 0 Å². The monoisotopic (exact) mass is 119 g/mol. The van der Waals surface area contributed by atoms with Crippen LogP contribution < -0.4 is 0 Å². The summed E-state index contributed by atoms with van der Waals surface area (Å²) in [6.07, 6.45) is 9.36. The Labute approximate surface area is 56.6 Å². The van der Waals surface area contributed by atoms with Crippen molar-refractivity contribution in [2.75, 3.05) is 0 Å². The number of hydrogen-bond donors (Lipinski definition) is 0. The van der Waals surface area contributed by atoms with Gasteiger partial charge in [-0.2, -0.15) is 0 Å². The van der Waals surface area contributed by atoms with E-state index in [0.717, 1.165) is 6.42 Å². The first-order valence-corrected chi connectivity index (χ1v) is 3.16. The molecule has 0 heterocycles. The molecular formula is C9H11+. The topological polar surface area (TPSA) is 0 Å². The summed E-state index contributed by atoms with van der Waals surface area (Å²) in [5.74, 6) is 0. The van der Waals surface area contributed by atoms with Crippen LogP contribution in [0.3, 0.4) is 0 Å². The smallest absolute Gasteiger partial charge is 0.0904 e. The molecule has 0 aliphatic heterocycles. The SMILES string of the molecule is C=CCC1=CC(C)=C[CH+]1. The zero-order chi connectivity index (χ0) is 6.69. The maximum Gasteiger partial charge on any atom is 0.0904 e. The summed E-state index contributed by atoms with van der Waals surface area (Å²) in [5.41, 5.74) is 2.70. The fourth-order valence-electron chi connectivity index (χ4n) is 0.921. The van der Waals surface area contributed by atoms with Crippen LogP contribution in [0.5, 0.6) is 0 Å². The fourth-order valence-corrected chi connectivity index (χ4v) is 0.921. The average molecular weight is 119 g/mol. The largest absolute Gasteiger partial charge is 0.103 e. The maximum absolute atomic E-state index is 3.67. The lowest BCUT2D eigenvalue weighted by Gasteiger charge is -1.82. The molecular weight excluding hydrogens is 108 g/mol. The van der Waals surface area contributed by atoms with Gasteiger partial charge in [-0.25, -0.2) is 0 Å². The van der Waals surface area contributed by atoms with Crippen molar-refractivity contribution < 1.29 is 0 Å². The Kier molecular flexibility index (Phi) is 1.78. The first-order valence-electron chi connectivity index (χ1n) is 3.16. The van der Waals surface area contributed by atoms with Crippen LogP contribution in [0.2, 0.25) is 0 Å². The van der Waals surface area contributed by atoms with Gasteiger partial charge in [-0.15, -0.1) is 6.58 Å². The average Bonchev–Trinajstić information content (AvgIpc) is 2.17. The zero-order valence-corrected chi connectivity index (χ0v) is 5.72. The molecule has 46 valence electrons. The lowest BCUT2D eigenvalue weighted by Crippen LogP contribution is -1.72. The van der Waals surface area contributed by atoms with E-state index in [1.54, 1.807) is 0 Å². The van der Waals surface area contributed by atoms with E-state index >= 15 is 0 Å². The molecule has 1 aliphatic rings. The van der Waals surface area contributed by atoms with Gasteiger partial charge in [-0.1, -0.05) is 6.08 Å². The highest BCUT2D eigenvalue weighted by Gasteiger charge is 2.10. The number of allylic oxidation sites excluding steroid dienone is 5. The molecule has 0 aromatic heterocycles. The van der Waals surface area contributed by atoms with Gasteiger partial charge >= 0.3 is 0 Å². The van der Waals surface area contributed by atoms with Crippen molar-refractivity contribution in [1.82, 2.24) is 0 Å². The third-order valence-corrected chi connectivity index (χ3v) is 1.35. The van der Waals surface area contributed by atoms with Gasteiger partial charge in [0.15, 0.2) is 0 Å². The van der Waals surface area contributed by atoms with Crippen molar-refractivity contribution >= 4 is 0 Å². The van der Waals surface area contributed by atoms with E-state index in [2.05, 4.69) is 32.1 Å². The van der Waals surface area contributed by atoms with E-state index in [9.17, 15) is 0 Å². The van der Waals surface area contributed by atoms with Crippen LogP contribution >= 0.6 is 0 Å². The van der Waals surface area contributed by atoms with Crippen molar-refractivity contribution in [3.63, 3.8) is 0 Å². The van der Waals surface area contributed by atoms with E-state index in [1.165, 1.54) is 11.1 Å². The standard InChI is InChI=1S/C9H11/c1-3-4-9-6-5-8(2)7-9/h3,5-7H,1,4H2,2H3/q+1. The molecule has 1 aliphatic carbocycles. The predicted octanol–water partition coefficient (Wildman–Crippen LogP) is 2.65. The van der Waals surface area contributed by atoms with Crippen molar-refractivity contribution in [3.05, 3.63) is 42.4 Å². The molecule has 0 unspecified atom stereocenters. The number of rotatable bonds is 2. The molecule has 0 radical (unpaired) electrons. The second kappa shape index (κ2) is 2.58. The molecule has 0 saturated heterocycles. The molecule has 0 nitrogen and oxygen atoms in total. The number of hydrogen-bond acceptors (Lipinski definition) is 0. The summed E-state index contributed by atoms with van der Waals surface area (Å²) in [4.78, 5) is 0. The van der Waals surface area contributed by atoms with Crippen molar-refractivity contribution in [2.45, 2.75) is 13.3 Å². The van der Waals surface area contributed by atoms with Crippen LogP contribution in [-0.2, 0) is 0 Å². The molecule has 1 rings (SSSR count). The summed E-state index contributed by atoms with van der Waals surface area (Å²) in [7, 11) is 0. The predicted molar refractivity (Wildman–Crippen MR) is 41.0 cm³/mol. The Hall–Kier alpha value is -0.910. The van der Waals surface area contributed by atoms with Gasteiger partial charge in [-0.05, 0) is 0 Å². The molecule has 0 saturated carbocycles. The third-order valence-electron chi connectivity index (χ3n) is 1.35. The second-order valence-corrected chi connectivity index (χ2v) is 2.29. The molecule has 0 bridgehead atoms. The van der Waals surface area contributed by atoms with E-state index in [4.69, 9.17) is 0 Å². The van der Waals surface area contributed by atoms with E-state index in [1.807, 2.05) is 6.08 Å². The highest BCUT2D eigenvalue weighted by Crippen LogP contribution is 2.18. The molecule has 0 fully saturated rings. The fraction of sp³-hybridized carbons (Fsp3) is 0.222. The van der Waals surface area contributed by atoms with Crippen molar-refractivity contribution in [1.29, 1.82) is 0 Å². The van der Waals surface area contributed by atoms with Crippen LogP contribution in [0.4, 0.5) is 0 Å². The highest BCUT2D eigenvalue weighted by atomic mass is 14.0. The van der Waals surface area contributed by atoms with Crippen LogP contribution in [0.1, 0.15) is 13.3 Å². The second-order valence-electron chi connectivity index (χ2n) is 2.29. The summed E-state index contributed by atoms with van der Waals surface area (Å²) in [5, 5.41) is 0. The molecule has 0 heteroatoms. The summed E-state index contributed by atoms with van der Waals surface area (Å²) in [6.45, 7) is 5.77. The molecule has 0 atom stereocenters. The minimum atomic E-state index is 0.994. The van der Waals surface area contributed by atoms with E-state index in [0.29, 0.717) is 0 Å². The lowest BCUT2D eigenvalue weighted by atomic mass is 10.2. The molecule has 0 spiro atoms. The van der Waals surface area contributed by atoms with Crippen LogP contribution in [0, 0.1) is 6.42 Å². The van der Waals surface area contributed by atoms with E-state index < -0.39 is 0 Å². The van der Waals surface area contributed by atoms with Crippen LogP contribution in [0.25, 0.3) is 0 Å². The third kappa shape index (κ3) is 1.49. The minimum Gasteiger partial charge on any atom is -0.103 e. The quantitative estimate of drug-likeness (QED) is 0.387. The molecule has 0 aromatic rings. The van der Waals surface area contributed by atoms with Gasteiger partial charge in [0.1, 0.15) is 0 Å². The van der Waals surface area contributed by atoms with Crippen LogP contribution in [-0.4, -0.2) is 0 Å². The maximum atomic E-state index is 3.67. The lowest BCUT2D eigenvalue weighted by molar-refractivity contribution is 1.27. The van der Waals surface area contributed by atoms with Crippen LogP contribution in [0.15, 0.2) is 36.0 Å². The summed E-state index contributed by atoms with van der Waals surface area (Å²) in [6, 6.07) is 0. The molecule has 0 N–H and O–H groups in total. The summed E-state index contributed by atoms with van der Waals surface area (Å²) < 4.78 is 0. The Bertz CT molecular complexity index is 166. The van der Waals surface area contributed by atoms with Gasteiger partial charge in [-0.3, -0.25) is 0 Å². The van der Waals surface area contributed by atoms with Gasteiger partial charge in [0, 0.05) is 19.8 Å². The Balaban J connectivity index is 2.49. The van der Waals surface area contributed by atoms with Gasteiger partial charge in [0.2, 0.25) is 0 Å². The Morgan fingerprint density at radius 1 is 1.78 bits per heavy atom. The molecule has 0 aromatic carbocycles. The van der Waals surface area contributed by atoms with Gasteiger partial charge in [0.25, 0.3) is 0 Å². The minimum absolute atomic E-state index is 0.994. The van der Waals surface area contributed by atoms with Gasteiger partial charge in [0.05, 0.1) is 23.3 Å². The van der Waals surface area contributed by atoms with E-state index in [-0.39, 0.29) is 0 Å². The summed E-state index contributed by atoms with van der Waals surface area (Å²) >= 11 is 0. The van der Waals surface area contributed by atoms with Gasteiger partial charge < -0.3 is 0 Å². The molecule has 0 amide bonds. The highest BCUT2D eigenvalue weighted by molar-refractivity contribution is 5.40. The first-order chi connectivity index (χ1) is 4.33. The normalized spacial score (nSPS) is 16.1.